The topological polar surface area (TPSA) is 87.0 Å². The second-order valence-corrected chi connectivity index (χ2v) is 9.05. The van der Waals surface area contributed by atoms with Gasteiger partial charge in [-0.3, -0.25) is 4.79 Å². The van der Waals surface area contributed by atoms with Gasteiger partial charge in [0.25, 0.3) is 5.91 Å². The number of benzene rings is 2. The third-order valence-electron chi connectivity index (χ3n) is 4.12. The van der Waals surface area contributed by atoms with Gasteiger partial charge in [-0.2, -0.15) is 4.99 Å². The number of carbonyl (C=O) groups excluding carboxylic acids is 1. The molecule has 0 N–H and O–H groups in total. The van der Waals surface area contributed by atoms with E-state index in [2.05, 4.69) is 4.99 Å². The van der Waals surface area contributed by atoms with Crippen molar-refractivity contribution in [1.29, 1.82) is 0 Å². The van der Waals surface area contributed by atoms with E-state index in [1.54, 1.807) is 12.1 Å². The Bertz CT molecular complexity index is 1200. The van der Waals surface area contributed by atoms with Crippen molar-refractivity contribution in [2.75, 3.05) is 26.6 Å². The number of fused-ring (bicyclic) bond motifs is 1. The molecule has 3 aromatic rings. The fourth-order valence-electron chi connectivity index (χ4n) is 2.73. The number of sulfone groups is 1. The highest BCUT2D eigenvalue weighted by Gasteiger charge is 2.20. The molecule has 29 heavy (non-hydrogen) atoms. The second kappa shape index (κ2) is 8.85. The summed E-state index contributed by atoms with van der Waals surface area (Å²) in [7, 11) is -0.895. The minimum atomic E-state index is -3.87. The van der Waals surface area contributed by atoms with Gasteiger partial charge in [0.05, 0.1) is 28.8 Å². The summed E-state index contributed by atoms with van der Waals surface area (Å²) in [5.41, 5.74) is 0.305. The highest BCUT2D eigenvalue weighted by Crippen LogP contribution is 2.21. The van der Waals surface area contributed by atoms with Gasteiger partial charge in [0.15, 0.2) is 14.6 Å². The average Bonchev–Trinajstić information content (AvgIpc) is 3.04. The van der Waals surface area contributed by atoms with Gasteiger partial charge >= 0.3 is 0 Å². The van der Waals surface area contributed by atoms with Crippen molar-refractivity contribution in [3.05, 3.63) is 53.1 Å². The SMILES string of the molecule is COCCn1c(=NC(=O)CS(=O)(=O)c2ccc(OC)cc2)sc2cccc(F)c21. The Labute approximate surface area is 171 Å². The first-order valence-electron chi connectivity index (χ1n) is 8.57. The molecular weight excluding hydrogens is 419 g/mol. The van der Waals surface area contributed by atoms with Gasteiger partial charge in [-0.25, -0.2) is 12.8 Å². The lowest BCUT2D eigenvalue weighted by Gasteiger charge is -2.05. The van der Waals surface area contributed by atoms with E-state index in [-0.39, 0.29) is 22.8 Å². The number of hydrogen-bond donors (Lipinski definition) is 0. The lowest BCUT2D eigenvalue weighted by molar-refractivity contribution is -0.115. The summed E-state index contributed by atoms with van der Waals surface area (Å²) >= 11 is 1.11. The van der Waals surface area contributed by atoms with E-state index in [4.69, 9.17) is 9.47 Å². The molecule has 0 aliphatic rings. The van der Waals surface area contributed by atoms with E-state index in [1.165, 1.54) is 49.1 Å². The third-order valence-corrected chi connectivity index (χ3v) is 6.78. The standard InChI is InChI=1S/C19H19FN2O5S2/c1-26-11-10-22-18-15(20)4-3-5-16(18)28-19(22)21-17(23)12-29(24,25)14-8-6-13(27-2)7-9-14/h3-9H,10-12H2,1-2H3. The summed E-state index contributed by atoms with van der Waals surface area (Å²) in [5.74, 6) is -1.57. The molecule has 0 aliphatic carbocycles. The fraction of sp³-hybridized carbons (Fsp3) is 0.263. The number of amides is 1. The quantitative estimate of drug-likeness (QED) is 0.565. The molecule has 3 rings (SSSR count). The van der Waals surface area contributed by atoms with E-state index < -0.39 is 27.3 Å². The maximum atomic E-state index is 14.3. The summed E-state index contributed by atoms with van der Waals surface area (Å²) in [5, 5.41) is 0. The second-order valence-electron chi connectivity index (χ2n) is 6.06. The molecule has 2 aromatic carbocycles. The first-order chi connectivity index (χ1) is 13.9. The molecule has 7 nitrogen and oxygen atoms in total. The number of para-hydroxylation sites is 1. The number of methoxy groups -OCH3 is 2. The summed E-state index contributed by atoms with van der Waals surface area (Å²) in [6.45, 7) is 0.556. The Kier molecular flexibility index (Phi) is 6.46. The molecule has 1 heterocycles. The van der Waals surface area contributed by atoms with Crippen molar-refractivity contribution in [1.82, 2.24) is 4.57 Å². The van der Waals surface area contributed by atoms with Crippen LogP contribution in [0.5, 0.6) is 5.75 Å². The van der Waals surface area contributed by atoms with Crippen LogP contribution >= 0.6 is 11.3 Å². The predicted octanol–water partition coefficient (Wildman–Crippen LogP) is 2.40. The average molecular weight is 439 g/mol. The van der Waals surface area contributed by atoms with Crippen LogP contribution in [0.1, 0.15) is 0 Å². The molecule has 10 heteroatoms. The Morgan fingerprint density at radius 2 is 1.90 bits per heavy atom. The van der Waals surface area contributed by atoms with Gasteiger partial charge in [0, 0.05) is 13.7 Å². The molecule has 0 bridgehead atoms. The number of carbonyl (C=O) groups is 1. The van der Waals surface area contributed by atoms with Crippen LogP contribution in [-0.4, -0.2) is 45.5 Å². The zero-order chi connectivity index (χ0) is 21.0. The highest BCUT2D eigenvalue weighted by molar-refractivity contribution is 7.92. The summed E-state index contributed by atoms with van der Waals surface area (Å²) in [6.07, 6.45) is 0. The summed E-state index contributed by atoms with van der Waals surface area (Å²) in [4.78, 5) is 16.6. The first kappa shape index (κ1) is 21.2. The van der Waals surface area contributed by atoms with E-state index in [1.807, 2.05) is 0 Å². The molecular formula is C19H19FN2O5S2. The number of hydrogen-bond acceptors (Lipinski definition) is 6. The number of thiazole rings is 1. The Balaban J connectivity index is 1.95. The number of halogens is 1. The van der Waals surface area contributed by atoms with Crippen molar-refractivity contribution >= 4 is 37.3 Å². The van der Waals surface area contributed by atoms with Crippen LogP contribution in [0.25, 0.3) is 10.2 Å². The lowest BCUT2D eigenvalue weighted by Crippen LogP contribution is -2.22. The normalized spacial score (nSPS) is 12.4. The molecule has 0 spiro atoms. The minimum Gasteiger partial charge on any atom is -0.497 e. The fourth-order valence-corrected chi connectivity index (χ4v) is 4.93. The zero-order valence-corrected chi connectivity index (χ0v) is 17.4. The first-order valence-corrected chi connectivity index (χ1v) is 11.0. The number of ether oxygens (including phenoxy) is 2. The molecule has 0 saturated carbocycles. The molecule has 0 fully saturated rings. The molecule has 154 valence electrons. The molecule has 0 saturated heterocycles. The van der Waals surface area contributed by atoms with Gasteiger partial charge in [0.2, 0.25) is 0 Å². The van der Waals surface area contributed by atoms with Crippen molar-refractivity contribution in [3.8, 4) is 5.75 Å². The largest absolute Gasteiger partial charge is 0.497 e. The van der Waals surface area contributed by atoms with Crippen LogP contribution in [0.2, 0.25) is 0 Å². The van der Waals surface area contributed by atoms with Gasteiger partial charge in [0.1, 0.15) is 17.3 Å². The zero-order valence-electron chi connectivity index (χ0n) is 15.8. The number of aromatic nitrogens is 1. The van der Waals surface area contributed by atoms with Crippen molar-refractivity contribution in [2.45, 2.75) is 11.4 Å². The van der Waals surface area contributed by atoms with E-state index in [9.17, 15) is 17.6 Å². The minimum absolute atomic E-state index is 0.00325. The van der Waals surface area contributed by atoms with Crippen LogP contribution in [-0.2, 0) is 25.9 Å². The van der Waals surface area contributed by atoms with E-state index in [0.717, 1.165) is 11.3 Å². The third kappa shape index (κ3) is 4.72. The Morgan fingerprint density at radius 3 is 2.55 bits per heavy atom. The van der Waals surface area contributed by atoms with Crippen molar-refractivity contribution in [2.24, 2.45) is 4.99 Å². The maximum Gasteiger partial charge on any atom is 0.263 e. The predicted molar refractivity (Wildman–Crippen MR) is 107 cm³/mol. The van der Waals surface area contributed by atoms with Gasteiger partial charge in [-0.05, 0) is 36.4 Å². The molecule has 0 aliphatic heterocycles. The van der Waals surface area contributed by atoms with E-state index in [0.29, 0.717) is 16.0 Å². The molecule has 0 radical (unpaired) electrons. The lowest BCUT2D eigenvalue weighted by atomic mass is 10.3. The van der Waals surface area contributed by atoms with E-state index >= 15 is 0 Å². The van der Waals surface area contributed by atoms with Crippen molar-refractivity contribution < 1.29 is 27.1 Å². The van der Waals surface area contributed by atoms with Crippen LogP contribution in [0, 0.1) is 5.82 Å². The van der Waals surface area contributed by atoms with Crippen LogP contribution < -0.4 is 9.54 Å². The molecule has 1 aromatic heterocycles. The Hall–Kier alpha value is -2.56. The van der Waals surface area contributed by atoms with Crippen LogP contribution in [0.4, 0.5) is 4.39 Å². The molecule has 0 atom stereocenters. The monoisotopic (exact) mass is 438 g/mol. The Morgan fingerprint density at radius 1 is 1.17 bits per heavy atom. The summed E-state index contributed by atoms with van der Waals surface area (Å²) < 4.78 is 51.5. The van der Waals surface area contributed by atoms with Gasteiger partial charge in [-0.1, -0.05) is 17.4 Å². The number of rotatable bonds is 7. The highest BCUT2D eigenvalue weighted by atomic mass is 32.2. The molecule has 0 unspecified atom stereocenters. The van der Waals surface area contributed by atoms with Crippen molar-refractivity contribution in [3.63, 3.8) is 0 Å². The van der Waals surface area contributed by atoms with Gasteiger partial charge in [-0.15, -0.1) is 0 Å². The molecule has 1 amide bonds. The smallest absolute Gasteiger partial charge is 0.263 e. The van der Waals surface area contributed by atoms with Gasteiger partial charge < -0.3 is 14.0 Å². The summed E-state index contributed by atoms with van der Waals surface area (Å²) in [6, 6.07) is 10.3. The van der Waals surface area contributed by atoms with Crippen LogP contribution in [0.15, 0.2) is 52.4 Å². The maximum absolute atomic E-state index is 14.3. The number of nitrogens with zero attached hydrogens (tertiary/aromatic N) is 2. The van der Waals surface area contributed by atoms with Crippen LogP contribution in [0.3, 0.4) is 0 Å².